The number of hydrogen-bond donors (Lipinski definition) is 2. The summed E-state index contributed by atoms with van der Waals surface area (Å²) in [6.45, 7) is 0. The van der Waals surface area contributed by atoms with Gasteiger partial charge in [-0.05, 0) is 24.3 Å². The molecule has 0 spiro atoms. The van der Waals surface area contributed by atoms with Crippen LogP contribution in [0.5, 0.6) is 0 Å². The molecular formula is C18H24N2O6PtS2. The van der Waals surface area contributed by atoms with E-state index in [1.54, 1.807) is 36.4 Å². The van der Waals surface area contributed by atoms with Gasteiger partial charge in [0.15, 0.2) is 0 Å². The zero-order valence-electron chi connectivity index (χ0n) is 15.4. The Morgan fingerprint density at radius 2 is 0.931 bits per heavy atom. The molecule has 0 aromatic heterocycles. The van der Waals surface area contributed by atoms with Crippen molar-refractivity contribution in [2.45, 2.75) is 47.6 Å². The fraction of sp³-hybridized carbons (Fsp3) is 0.333. The van der Waals surface area contributed by atoms with Crippen LogP contribution in [0.25, 0.3) is 11.5 Å². The Hall–Kier alpha value is -1.13. The van der Waals surface area contributed by atoms with Crippen LogP contribution in [0.3, 0.4) is 0 Å². The standard InChI is InChI=1S/C6H12N2.2C6H6O3S.Pt/c7-5-3-1-2-4-6(5)8;2*7-10(8,9)6-4-2-1-3-5-6;/h5-8H,1-4H2;2*1-5H,(H,7,8,9);/q-2;;;+2. The Labute approximate surface area is 186 Å². The van der Waals surface area contributed by atoms with Crippen molar-refractivity contribution < 1.29 is 47.0 Å². The van der Waals surface area contributed by atoms with Crippen LogP contribution in [0.4, 0.5) is 0 Å². The van der Waals surface area contributed by atoms with Crippen molar-refractivity contribution in [3.05, 3.63) is 72.1 Å². The first-order valence-corrected chi connectivity index (χ1v) is 11.4. The summed E-state index contributed by atoms with van der Waals surface area (Å²) >= 11 is 0. The minimum absolute atomic E-state index is 0. The van der Waals surface area contributed by atoms with Crippen molar-refractivity contribution in [1.29, 1.82) is 0 Å². The van der Waals surface area contributed by atoms with Crippen LogP contribution in [-0.2, 0) is 41.3 Å². The van der Waals surface area contributed by atoms with Gasteiger partial charge in [-0.2, -0.15) is 28.9 Å². The minimum atomic E-state index is -4.00. The third-order valence-electron chi connectivity index (χ3n) is 3.85. The van der Waals surface area contributed by atoms with Crippen molar-refractivity contribution in [3.8, 4) is 0 Å². The van der Waals surface area contributed by atoms with E-state index in [0.29, 0.717) is 0 Å². The van der Waals surface area contributed by atoms with Gasteiger partial charge >= 0.3 is 21.1 Å². The fourth-order valence-corrected chi connectivity index (χ4v) is 3.32. The molecule has 1 saturated carbocycles. The fourth-order valence-electron chi connectivity index (χ4n) is 2.32. The number of benzene rings is 2. The van der Waals surface area contributed by atoms with Crippen LogP contribution in [0.2, 0.25) is 0 Å². The van der Waals surface area contributed by atoms with E-state index in [9.17, 15) is 16.8 Å². The molecule has 0 bridgehead atoms. The summed E-state index contributed by atoms with van der Waals surface area (Å²) in [6, 6.07) is 14.7. The van der Waals surface area contributed by atoms with Crippen LogP contribution in [0.15, 0.2) is 70.5 Å². The normalized spacial score (nSPS) is 18.8. The third kappa shape index (κ3) is 11.6. The first-order chi connectivity index (χ1) is 13.0. The molecule has 0 radical (unpaired) electrons. The molecule has 0 saturated heterocycles. The third-order valence-corrected chi connectivity index (χ3v) is 5.58. The second-order valence-corrected chi connectivity index (χ2v) is 8.92. The van der Waals surface area contributed by atoms with Gasteiger partial charge in [-0.1, -0.05) is 62.1 Å². The van der Waals surface area contributed by atoms with Gasteiger partial charge < -0.3 is 11.5 Å². The monoisotopic (exact) mass is 623 g/mol. The molecule has 164 valence electrons. The SMILES string of the molecule is O=S(=O)(O)c1ccccc1.O=S(=O)(O)c1ccccc1.[NH-]C1CCCCC1[NH-].[Pt+2]. The largest absolute Gasteiger partial charge is 2.00 e. The van der Waals surface area contributed by atoms with E-state index < -0.39 is 20.2 Å². The maximum absolute atomic E-state index is 10.4. The van der Waals surface area contributed by atoms with Gasteiger partial charge in [0.2, 0.25) is 0 Å². The van der Waals surface area contributed by atoms with E-state index in [-0.39, 0.29) is 42.9 Å². The molecule has 8 nitrogen and oxygen atoms in total. The molecule has 4 N–H and O–H groups in total. The van der Waals surface area contributed by atoms with E-state index in [1.165, 1.54) is 37.1 Å². The Bertz CT molecular complexity index is 832. The predicted molar refractivity (Wildman–Crippen MR) is 107 cm³/mol. The summed E-state index contributed by atoms with van der Waals surface area (Å²) in [5.74, 6) is 0. The average molecular weight is 624 g/mol. The molecule has 1 aliphatic rings. The number of hydrogen-bond acceptors (Lipinski definition) is 4. The van der Waals surface area contributed by atoms with Crippen molar-refractivity contribution in [2.75, 3.05) is 0 Å². The summed E-state index contributed by atoms with van der Waals surface area (Å²) in [7, 11) is -8.01. The number of rotatable bonds is 2. The quantitative estimate of drug-likeness (QED) is 0.476. The summed E-state index contributed by atoms with van der Waals surface area (Å²) in [4.78, 5) is -0.148. The minimum Gasteiger partial charge on any atom is -0.676 e. The topological polar surface area (TPSA) is 156 Å². The van der Waals surface area contributed by atoms with E-state index in [4.69, 9.17) is 20.6 Å². The summed E-state index contributed by atoms with van der Waals surface area (Å²) < 4.78 is 58.5. The molecule has 2 unspecified atom stereocenters. The Balaban J connectivity index is 0.000000401. The molecule has 29 heavy (non-hydrogen) atoms. The Kier molecular flexibility index (Phi) is 12.7. The molecular weight excluding hydrogens is 599 g/mol. The molecule has 3 rings (SSSR count). The summed E-state index contributed by atoms with van der Waals surface area (Å²) in [6.07, 6.45) is 4.25. The summed E-state index contributed by atoms with van der Waals surface area (Å²) in [5, 5.41) is 0. The smallest absolute Gasteiger partial charge is 0.676 e. The van der Waals surface area contributed by atoms with E-state index in [0.717, 1.165) is 12.8 Å². The second-order valence-electron chi connectivity index (χ2n) is 6.07. The van der Waals surface area contributed by atoms with Crippen LogP contribution in [0, 0.1) is 0 Å². The van der Waals surface area contributed by atoms with Crippen LogP contribution >= 0.6 is 0 Å². The first kappa shape index (κ1) is 27.9. The van der Waals surface area contributed by atoms with E-state index in [1.807, 2.05) is 0 Å². The maximum atomic E-state index is 10.4. The molecule has 2 aromatic carbocycles. The first-order valence-electron chi connectivity index (χ1n) is 8.49. The zero-order chi connectivity index (χ0) is 21.2. The van der Waals surface area contributed by atoms with Gasteiger partial charge in [0.05, 0.1) is 9.79 Å². The van der Waals surface area contributed by atoms with Crippen molar-refractivity contribution in [2.24, 2.45) is 0 Å². The molecule has 0 heterocycles. The van der Waals surface area contributed by atoms with Crippen LogP contribution in [0.1, 0.15) is 25.7 Å². The molecule has 1 fully saturated rings. The van der Waals surface area contributed by atoms with Gasteiger partial charge in [0.1, 0.15) is 0 Å². The van der Waals surface area contributed by atoms with Crippen molar-refractivity contribution in [1.82, 2.24) is 0 Å². The van der Waals surface area contributed by atoms with Crippen molar-refractivity contribution in [3.63, 3.8) is 0 Å². The zero-order valence-corrected chi connectivity index (χ0v) is 19.3. The molecule has 2 aromatic rings. The van der Waals surface area contributed by atoms with Gasteiger partial charge in [0.25, 0.3) is 20.2 Å². The maximum Gasteiger partial charge on any atom is 2.00 e. The van der Waals surface area contributed by atoms with Gasteiger partial charge in [-0.3, -0.25) is 9.11 Å². The summed E-state index contributed by atoms with van der Waals surface area (Å²) in [5.41, 5.74) is 14.6. The Morgan fingerprint density at radius 1 is 0.655 bits per heavy atom. The Morgan fingerprint density at radius 3 is 1.10 bits per heavy atom. The molecule has 11 heteroatoms. The molecule has 1 aliphatic carbocycles. The molecule has 0 amide bonds. The van der Waals surface area contributed by atoms with E-state index >= 15 is 0 Å². The van der Waals surface area contributed by atoms with Gasteiger partial charge in [-0.15, -0.1) is 0 Å². The average Bonchev–Trinajstić information content (AvgIpc) is 2.65. The van der Waals surface area contributed by atoms with Crippen LogP contribution in [-0.4, -0.2) is 38.0 Å². The van der Waals surface area contributed by atoms with E-state index in [2.05, 4.69) is 0 Å². The number of nitrogens with one attached hydrogen (secondary N) is 2. The van der Waals surface area contributed by atoms with Crippen molar-refractivity contribution >= 4 is 20.2 Å². The van der Waals surface area contributed by atoms with Gasteiger partial charge in [-0.25, -0.2) is 0 Å². The molecule has 0 aliphatic heterocycles. The van der Waals surface area contributed by atoms with Crippen LogP contribution < -0.4 is 0 Å². The second kappa shape index (κ2) is 13.2. The molecule has 2 atom stereocenters. The predicted octanol–water partition coefficient (Wildman–Crippen LogP) is 4.27. The van der Waals surface area contributed by atoms with Gasteiger partial charge in [0, 0.05) is 0 Å².